The number of unbranched alkanes of at least 4 members (excludes halogenated alkanes) is 19. The first kappa shape index (κ1) is 29.9. The summed E-state index contributed by atoms with van der Waals surface area (Å²) in [5, 5.41) is 8.60. The smallest absolute Gasteiger partial charge is 0.303 e. The number of rotatable bonds is 25. The van der Waals surface area contributed by atoms with Gasteiger partial charge in [0.1, 0.15) is 0 Å². The number of allylic oxidation sites excluding steroid dienone is 4. The first-order chi connectivity index (χ1) is 15.3. The molecule has 0 bridgehead atoms. The van der Waals surface area contributed by atoms with E-state index < -0.39 is 5.97 Å². The maximum absolute atomic E-state index is 10.4. The molecule has 0 fully saturated rings. The Labute approximate surface area is 195 Å². The zero-order valence-corrected chi connectivity index (χ0v) is 20.9. The van der Waals surface area contributed by atoms with Gasteiger partial charge in [0, 0.05) is 6.42 Å². The normalized spacial score (nSPS) is 11.8. The van der Waals surface area contributed by atoms with Crippen molar-refractivity contribution in [2.24, 2.45) is 0 Å². The van der Waals surface area contributed by atoms with Gasteiger partial charge in [-0.3, -0.25) is 4.79 Å². The second kappa shape index (κ2) is 27.0. The SMILES string of the molecule is CCCCCC=CCC=CCCCCCCCCCCCCCCCCCCC(=O)O. The third-order valence-electron chi connectivity index (χ3n) is 6.09. The van der Waals surface area contributed by atoms with Gasteiger partial charge in [-0.2, -0.15) is 0 Å². The van der Waals surface area contributed by atoms with E-state index in [2.05, 4.69) is 31.2 Å². The average molecular weight is 435 g/mol. The molecular formula is C29H54O2. The van der Waals surface area contributed by atoms with Crippen molar-refractivity contribution >= 4 is 5.97 Å². The third-order valence-corrected chi connectivity index (χ3v) is 6.09. The summed E-state index contributed by atoms with van der Waals surface area (Å²) in [4.78, 5) is 10.4. The van der Waals surface area contributed by atoms with Crippen LogP contribution in [-0.2, 0) is 4.79 Å². The van der Waals surface area contributed by atoms with Crippen LogP contribution >= 0.6 is 0 Å². The van der Waals surface area contributed by atoms with Crippen LogP contribution in [0.4, 0.5) is 0 Å². The predicted octanol–water partition coefficient (Wildman–Crippen LogP) is 10.2. The number of carboxylic acid groups (broad SMARTS) is 1. The number of hydrogen-bond donors (Lipinski definition) is 1. The highest BCUT2D eigenvalue weighted by molar-refractivity contribution is 5.66. The van der Waals surface area contributed by atoms with Gasteiger partial charge in [0.25, 0.3) is 0 Å². The molecule has 0 saturated carbocycles. The van der Waals surface area contributed by atoms with E-state index in [1.807, 2.05) is 0 Å². The first-order valence-corrected chi connectivity index (χ1v) is 13.8. The topological polar surface area (TPSA) is 37.3 Å². The number of hydrogen-bond acceptors (Lipinski definition) is 1. The van der Waals surface area contributed by atoms with Gasteiger partial charge in [-0.25, -0.2) is 0 Å². The lowest BCUT2D eigenvalue weighted by Crippen LogP contribution is -1.93. The minimum absolute atomic E-state index is 0.342. The van der Waals surface area contributed by atoms with Gasteiger partial charge in [-0.1, -0.05) is 134 Å². The minimum Gasteiger partial charge on any atom is -0.481 e. The Kier molecular flexibility index (Phi) is 26.1. The van der Waals surface area contributed by atoms with E-state index in [1.165, 1.54) is 122 Å². The second-order valence-corrected chi connectivity index (χ2v) is 9.26. The molecule has 0 radical (unpaired) electrons. The average Bonchev–Trinajstić information content (AvgIpc) is 2.76. The molecule has 2 nitrogen and oxygen atoms in total. The number of carbonyl (C=O) groups is 1. The van der Waals surface area contributed by atoms with Gasteiger partial charge in [-0.15, -0.1) is 0 Å². The Morgan fingerprint density at radius 1 is 0.516 bits per heavy atom. The summed E-state index contributed by atoms with van der Waals surface area (Å²) >= 11 is 0. The van der Waals surface area contributed by atoms with Gasteiger partial charge in [-0.05, 0) is 38.5 Å². The molecule has 0 saturated heterocycles. The molecule has 182 valence electrons. The summed E-state index contributed by atoms with van der Waals surface area (Å²) in [6.07, 6.45) is 38.5. The fourth-order valence-corrected chi connectivity index (χ4v) is 4.03. The van der Waals surface area contributed by atoms with Crippen LogP contribution in [-0.4, -0.2) is 11.1 Å². The van der Waals surface area contributed by atoms with Crippen LogP contribution in [0.2, 0.25) is 0 Å². The van der Waals surface area contributed by atoms with E-state index in [0.717, 1.165) is 19.3 Å². The molecule has 0 aliphatic carbocycles. The van der Waals surface area contributed by atoms with Crippen LogP contribution in [0.25, 0.3) is 0 Å². The summed E-state index contributed by atoms with van der Waals surface area (Å²) in [7, 11) is 0. The summed E-state index contributed by atoms with van der Waals surface area (Å²) in [6.45, 7) is 2.26. The monoisotopic (exact) mass is 434 g/mol. The molecule has 0 rings (SSSR count). The summed E-state index contributed by atoms with van der Waals surface area (Å²) in [5.41, 5.74) is 0. The molecule has 0 atom stereocenters. The predicted molar refractivity (Wildman–Crippen MR) is 138 cm³/mol. The lowest BCUT2D eigenvalue weighted by molar-refractivity contribution is -0.137. The fraction of sp³-hybridized carbons (Fsp3) is 0.828. The molecule has 0 unspecified atom stereocenters. The van der Waals surface area contributed by atoms with Gasteiger partial charge in [0.05, 0.1) is 0 Å². The van der Waals surface area contributed by atoms with E-state index in [1.54, 1.807) is 0 Å². The van der Waals surface area contributed by atoms with E-state index in [9.17, 15) is 4.79 Å². The highest BCUT2D eigenvalue weighted by Crippen LogP contribution is 2.14. The summed E-state index contributed by atoms with van der Waals surface area (Å²) in [5.74, 6) is -0.653. The van der Waals surface area contributed by atoms with Gasteiger partial charge in [0.2, 0.25) is 0 Å². The molecule has 0 aromatic carbocycles. The van der Waals surface area contributed by atoms with Crippen molar-refractivity contribution in [1.82, 2.24) is 0 Å². The summed E-state index contributed by atoms with van der Waals surface area (Å²) < 4.78 is 0. The Hall–Kier alpha value is -1.05. The number of carboxylic acids is 1. The van der Waals surface area contributed by atoms with Crippen molar-refractivity contribution in [2.45, 2.75) is 155 Å². The van der Waals surface area contributed by atoms with E-state index in [0.29, 0.717) is 6.42 Å². The van der Waals surface area contributed by atoms with Gasteiger partial charge < -0.3 is 5.11 Å². The molecule has 0 aromatic rings. The highest BCUT2D eigenvalue weighted by atomic mass is 16.4. The van der Waals surface area contributed by atoms with Crippen molar-refractivity contribution in [3.63, 3.8) is 0 Å². The quantitative estimate of drug-likeness (QED) is 0.115. The van der Waals surface area contributed by atoms with Crippen molar-refractivity contribution in [3.05, 3.63) is 24.3 Å². The number of aliphatic carboxylic acids is 1. The van der Waals surface area contributed by atoms with Crippen LogP contribution in [0, 0.1) is 0 Å². The highest BCUT2D eigenvalue weighted by Gasteiger charge is 1.97. The lowest BCUT2D eigenvalue weighted by Gasteiger charge is -2.03. The molecule has 2 heteroatoms. The molecule has 0 heterocycles. The van der Waals surface area contributed by atoms with Crippen molar-refractivity contribution in [3.8, 4) is 0 Å². The molecular weight excluding hydrogens is 380 g/mol. The van der Waals surface area contributed by atoms with Crippen LogP contribution in [0.3, 0.4) is 0 Å². The fourth-order valence-electron chi connectivity index (χ4n) is 4.03. The Balaban J connectivity index is 3.10. The van der Waals surface area contributed by atoms with Crippen LogP contribution in [0.15, 0.2) is 24.3 Å². The maximum Gasteiger partial charge on any atom is 0.303 e. The lowest BCUT2D eigenvalue weighted by atomic mass is 10.0. The zero-order chi connectivity index (χ0) is 22.7. The summed E-state index contributed by atoms with van der Waals surface area (Å²) in [6, 6.07) is 0. The minimum atomic E-state index is -0.653. The molecule has 0 amide bonds. The maximum atomic E-state index is 10.4. The van der Waals surface area contributed by atoms with Crippen LogP contribution in [0.1, 0.15) is 155 Å². The van der Waals surface area contributed by atoms with Gasteiger partial charge in [0.15, 0.2) is 0 Å². The van der Waals surface area contributed by atoms with Crippen LogP contribution < -0.4 is 0 Å². The molecule has 0 aromatic heterocycles. The van der Waals surface area contributed by atoms with E-state index >= 15 is 0 Å². The Bertz CT molecular complexity index is 411. The molecule has 31 heavy (non-hydrogen) atoms. The van der Waals surface area contributed by atoms with Crippen molar-refractivity contribution in [1.29, 1.82) is 0 Å². The molecule has 1 N–H and O–H groups in total. The standard InChI is InChI=1S/C29H54O2/c1-2-3-4-5-6-7-8-9-10-11-12-13-14-15-16-17-18-19-20-21-22-23-24-25-26-27-28-29(30)31/h6-7,9-10H,2-5,8,11-28H2,1H3,(H,30,31). The first-order valence-electron chi connectivity index (χ1n) is 13.8. The molecule has 0 aliphatic rings. The van der Waals surface area contributed by atoms with Crippen molar-refractivity contribution in [2.75, 3.05) is 0 Å². The second-order valence-electron chi connectivity index (χ2n) is 9.26. The van der Waals surface area contributed by atoms with Crippen molar-refractivity contribution < 1.29 is 9.90 Å². The zero-order valence-electron chi connectivity index (χ0n) is 20.9. The van der Waals surface area contributed by atoms with Crippen LogP contribution in [0.5, 0.6) is 0 Å². The Morgan fingerprint density at radius 3 is 1.26 bits per heavy atom. The van der Waals surface area contributed by atoms with E-state index in [-0.39, 0.29) is 0 Å². The van der Waals surface area contributed by atoms with Gasteiger partial charge >= 0.3 is 5.97 Å². The largest absolute Gasteiger partial charge is 0.481 e. The third kappa shape index (κ3) is 28.9. The Morgan fingerprint density at radius 2 is 0.871 bits per heavy atom. The van der Waals surface area contributed by atoms with E-state index in [4.69, 9.17) is 5.11 Å². The molecule has 0 spiro atoms. The molecule has 0 aliphatic heterocycles.